The van der Waals surface area contributed by atoms with Gasteiger partial charge in [-0.2, -0.15) is 0 Å². The van der Waals surface area contributed by atoms with E-state index in [1.807, 2.05) is 0 Å². The molecule has 200 valence electrons. The van der Waals surface area contributed by atoms with E-state index in [1.54, 1.807) is 0 Å². The van der Waals surface area contributed by atoms with Crippen LogP contribution in [0.2, 0.25) is 0 Å². The van der Waals surface area contributed by atoms with E-state index in [2.05, 4.69) is 107 Å². The normalized spacial score (nSPS) is 16.9. The van der Waals surface area contributed by atoms with Gasteiger partial charge in [-0.05, 0) is 32.8 Å². The van der Waals surface area contributed by atoms with Crippen molar-refractivity contribution in [3.05, 3.63) is 57.6 Å². The van der Waals surface area contributed by atoms with Crippen LogP contribution < -0.4 is 9.78 Å². The second kappa shape index (κ2) is 9.16. The molecule has 0 radical (unpaired) electrons. The van der Waals surface area contributed by atoms with Crippen molar-refractivity contribution in [3.8, 4) is 11.5 Å². The summed E-state index contributed by atoms with van der Waals surface area (Å²) in [5.74, 6) is 0.861. The predicted molar refractivity (Wildman–Crippen MR) is 144 cm³/mol. The lowest BCUT2D eigenvalue weighted by atomic mass is 9.76. The molecule has 0 atom stereocenters. The standard InChI is InChI=1S/C29H43O6P/c1-26(2,3)20-14-18-13-19-15-21(27(4,5)6)17-23(29(10,11)12)25(19)33-35-36(30,31)34-32-24(18)22(16-20)28(7,8)9/h14-17H,13H2,1-12H3,(H,30,31). The Hall–Kier alpha value is -1.85. The van der Waals surface area contributed by atoms with Crippen LogP contribution in [0.25, 0.3) is 0 Å². The van der Waals surface area contributed by atoms with Crippen LogP contribution >= 0.6 is 7.82 Å². The third-order valence-corrected chi connectivity index (χ3v) is 7.02. The zero-order valence-corrected chi connectivity index (χ0v) is 24.8. The number of benzene rings is 2. The largest absolute Gasteiger partial charge is 0.544 e. The van der Waals surface area contributed by atoms with Crippen molar-refractivity contribution in [1.29, 1.82) is 0 Å². The maximum Gasteiger partial charge on any atom is 0.544 e. The van der Waals surface area contributed by atoms with Crippen molar-refractivity contribution in [3.63, 3.8) is 0 Å². The highest BCUT2D eigenvalue weighted by Gasteiger charge is 2.35. The Kier molecular flexibility index (Phi) is 7.31. The SMILES string of the molecule is CC(C)(C)c1cc2c(c(C(C)(C)C)c1)OOP(=O)(O)OOc1c(cc(C(C)(C)C)cc1C(C)(C)C)C2. The highest BCUT2D eigenvalue weighted by atomic mass is 31.2. The zero-order chi connectivity index (χ0) is 27.5. The lowest BCUT2D eigenvalue weighted by Crippen LogP contribution is -2.22. The Labute approximate surface area is 216 Å². The topological polar surface area (TPSA) is 74.2 Å². The molecule has 3 rings (SSSR count). The highest BCUT2D eigenvalue weighted by molar-refractivity contribution is 7.47. The average molecular weight is 519 g/mol. The summed E-state index contributed by atoms with van der Waals surface area (Å²) in [6.07, 6.45) is 0.465. The molecule has 1 aliphatic heterocycles. The summed E-state index contributed by atoms with van der Waals surface area (Å²) in [7, 11) is -4.69. The molecule has 0 amide bonds. The van der Waals surface area contributed by atoms with Crippen LogP contribution in [0.3, 0.4) is 0 Å². The molecular formula is C29H43O6P. The van der Waals surface area contributed by atoms with Crippen LogP contribution in [0, 0.1) is 0 Å². The predicted octanol–water partition coefficient (Wildman–Crippen LogP) is 8.20. The minimum Gasteiger partial charge on any atom is -0.327 e. The number of phosphoric acid groups is 1. The molecule has 0 spiro atoms. The second-order valence-electron chi connectivity index (χ2n) is 14.0. The molecule has 0 bridgehead atoms. The second-order valence-corrected chi connectivity index (χ2v) is 15.2. The Morgan fingerprint density at radius 2 is 0.944 bits per heavy atom. The van der Waals surface area contributed by atoms with E-state index in [-0.39, 0.29) is 21.7 Å². The molecule has 0 aliphatic carbocycles. The van der Waals surface area contributed by atoms with Crippen LogP contribution in [-0.2, 0) is 42.0 Å². The van der Waals surface area contributed by atoms with Crippen molar-refractivity contribution < 1.29 is 28.6 Å². The third-order valence-electron chi connectivity index (χ3n) is 6.49. The molecule has 2 aromatic carbocycles. The highest BCUT2D eigenvalue weighted by Crippen LogP contribution is 2.50. The summed E-state index contributed by atoms with van der Waals surface area (Å²) in [6, 6.07) is 8.40. The van der Waals surface area contributed by atoms with Crippen molar-refractivity contribution in [2.75, 3.05) is 0 Å². The van der Waals surface area contributed by atoms with Gasteiger partial charge in [-0.25, -0.2) is 4.57 Å². The molecule has 1 heterocycles. The quantitative estimate of drug-likeness (QED) is 0.280. The number of fused-ring (bicyclic) bond motifs is 2. The van der Waals surface area contributed by atoms with Crippen molar-refractivity contribution >= 4 is 7.82 Å². The molecule has 2 aromatic rings. The van der Waals surface area contributed by atoms with Gasteiger partial charge in [-0.3, -0.25) is 4.89 Å². The number of hydrogen-bond donors (Lipinski definition) is 1. The summed E-state index contributed by atoms with van der Waals surface area (Å²) in [5, 5.41) is 0. The van der Waals surface area contributed by atoms with Gasteiger partial charge in [0, 0.05) is 28.7 Å². The van der Waals surface area contributed by atoms with Gasteiger partial charge >= 0.3 is 7.82 Å². The summed E-state index contributed by atoms with van der Waals surface area (Å²) in [5.41, 5.74) is 4.88. The van der Waals surface area contributed by atoms with Gasteiger partial charge in [0.15, 0.2) is 11.5 Å². The fraction of sp³-hybridized carbons (Fsp3) is 0.586. The lowest BCUT2D eigenvalue weighted by Gasteiger charge is -2.31. The summed E-state index contributed by atoms with van der Waals surface area (Å²) in [4.78, 5) is 21.6. The van der Waals surface area contributed by atoms with Crippen LogP contribution in [-0.4, -0.2) is 4.89 Å². The third kappa shape index (κ3) is 6.34. The van der Waals surface area contributed by atoms with Crippen LogP contribution in [0.1, 0.15) is 116 Å². The Morgan fingerprint density at radius 1 is 0.611 bits per heavy atom. The first-order valence-corrected chi connectivity index (χ1v) is 14.0. The fourth-order valence-electron chi connectivity index (χ4n) is 4.20. The van der Waals surface area contributed by atoms with Crippen LogP contribution in [0.5, 0.6) is 11.5 Å². The van der Waals surface area contributed by atoms with Gasteiger partial charge in [-0.1, -0.05) is 117 Å². The van der Waals surface area contributed by atoms with Crippen LogP contribution in [0.15, 0.2) is 24.3 Å². The molecule has 0 aromatic heterocycles. The molecule has 6 nitrogen and oxygen atoms in total. The first-order valence-electron chi connectivity index (χ1n) is 12.5. The van der Waals surface area contributed by atoms with Gasteiger partial charge in [0.25, 0.3) is 0 Å². The van der Waals surface area contributed by atoms with Gasteiger partial charge in [0.05, 0.1) is 0 Å². The van der Waals surface area contributed by atoms with Crippen molar-refractivity contribution in [1.82, 2.24) is 0 Å². The molecule has 1 aliphatic rings. The Bertz CT molecular complexity index is 1100. The molecule has 0 saturated heterocycles. The fourth-order valence-corrected chi connectivity index (χ4v) is 4.57. The van der Waals surface area contributed by atoms with Gasteiger partial charge in [0.2, 0.25) is 0 Å². The monoisotopic (exact) mass is 518 g/mol. The number of rotatable bonds is 0. The van der Waals surface area contributed by atoms with E-state index < -0.39 is 7.82 Å². The number of hydrogen-bond acceptors (Lipinski definition) is 5. The molecule has 1 N–H and O–H groups in total. The molecule has 0 fully saturated rings. The van der Waals surface area contributed by atoms with Gasteiger partial charge < -0.3 is 9.78 Å². The van der Waals surface area contributed by atoms with E-state index in [0.717, 1.165) is 33.4 Å². The van der Waals surface area contributed by atoms with Gasteiger partial charge in [0.1, 0.15) is 0 Å². The maximum absolute atomic E-state index is 12.7. The minimum absolute atomic E-state index is 0.121. The van der Waals surface area contributed by atoms with E-state index >= 15 is 0 Å². The Morgan fingerprint density at radius 3 is 1.22 bits per heavy atom. The summed E-state index contributed by atoms with van der Waals surface area (Å²) >= 11 is 0. The van der Waals surface area contributed by atoms with Crippen molar-refractivity contribution in [2.24, 2.45) is 0 Å². The summed E-state index contributed by atoms with van der Waals surface area (Å²) in [6.45, 7) is 25.5. The lowest BCUT2D eigenvalue weighted by molar-refractivity contribution is -0.190. The molecular weight excluding hydrogens is 475 g/mol. The van der Waals surface area contributed by atoms with E-state index in [0.29, 0.717) is 17.9 Å². The molecule has 7 heteroatoms. The zero-order valence-electron chi connectivity index (χ0n) is 24.0. The average Bonchev–Trinajstić information content (AvgIpc) is 2.67. The van der Waals surface area contributed by atoms with E-state index in [4.69, 9.17) is 19.1 Å². The maximum atomic E-state index is 12.7. The smallest absolute Gasteiger partial charge is 0.327 e. The van der Waals surface area contributed by atoms with Crippen molar-refractivity contribution in [2.45, 2.75) is 111 Å². The van der Waals surface area contributed by atoms with E-state index in [1.165, 1.54) is 0 Å². The summed E-state index contributed by atoms with van der Waals surface area (Å²) < 4.78 is 22.7. The molecule has 0 unspecified atom stereocenters. The first-order chi connectivity index (χ1) is 16.1. The molecule has 0 saturated carbocycles. The first kappa shape index (κ1) is 28.7. The van der Waals surface area contributed by atoms with E-state index in [9.17, 15) is 9.46 Å². The minimum atomic E-state index is -4.69. The molecule has 36 heavy (non-hydrogen) atoms. The van der Waals surface area contributed by atoms with Gasteiger partial charge in [-0.15, -0.1) is 0 Å². The Balaban J connectivity index is 2.43. The van der Waals surface area contributed by atoms with Crippen LogP contribution in [0.4, 0.5) is 0 Å².